The maximum atomic E-state index is 12.6. The zero-order valence-electron chi connectivity index (χ0n) is 23.2. The van der Waals surface area contributed by atoms with E-state index >= 15 is 0 Å². The molecule has 3 rings (SSSR count). The number of amides is 1. The minimum Gasteiger partial charge on any atom is -0.494 e. The van der Waals surface area contributed by atoms with E-state index in [9.17, 15) is 9.59 Å². The predicted molar refractivity (Wildman–Crippen MR) is 156 cm³/mol. The van der Waals surface area contributed by atoms with Crippen molar-refractivity contribution in [2.24, 2.45) is 0 Å². The van der Waals surface area contributed by atoms with Crippen LogP contribution in [-0.4, -0.2) is 25.1 Å². The number of benzene rings is 3. The van der Waals surface area contributed by atoms with Crippen molar-refractivity contribution >= 4 is 17.6 Å². The van der Waals surface area contributed by atoms with Gasteiger partial charge in [-0.15, -0.1) is 0 Å². The van der Waals surface area contributed by atoms with Crippen LogP contribution >= 0.6 is 0 Å². The van der Waals surface area contributed by atoms with Crippen LogP contribution in [0.2, 0.25) is 0 Å². The van der Waals surface area contributed by atoms with E-state index < -0.39 is 5.97 Å². The van der Waals surface area contributed by atoms with Crippen molar-refractivity contribution in [3.63, 3.8) is 0 Å². The topological polar surface area (TPSA) is 73.9 Å². The summed E-state index contributed by atoms with van der Waals surface area (Å²) in [7, 11) is 0. The van der Waals surface area contributed by atoms with E-state index in [2.05, 4.69) is 19.2 Å². The molecule has 0 atom stereocenters. The second-order valence-electron chi connectivity index (χ2n) is 9.59. The number of ether oxygens (including phenoxy) is 3. The molecule has 1 amide bonds. The van der Waals surface area contributed by atoms with Gasteiger partial charge in [-0.2, -0.15) is 0 Å². The summed E-state index contributed by atoms with van der Waals surface area (Å²) < 4.78 is 16.9. The Morgan fingerprint density at radius 2 is 1.03 bits per heavy atom. The van der Waals surface area contributed by atoms with Crippen molar-refractivity contribution in [3.8, 4) is 17.2 Å². The Bertz CT molecular complexity index is 1120. The standard InChI is InChI=1S/C33H41NO5/c1-3-5-7-8-9-11-25-38-29-18-14-26(15-19-29)32(35)34-28-16-12-27(13-17-28)33(36)39-31-22-20-30(21-23-31)37-24-10-6-4-2/h12-23H,3-11,24-25H2,1-2H3,(H,34,35). The number of rotatable bonds is 17. The van der Waals surface area contributed by atoms with E-state index in [1.807, 2.05) is 12.1 Å². The lowest BCUT2D eigenvalue weighted by Crippen LogP contribution is -2.12. The Kier molecular flexibility index (Phi) is 12.9. The number of nitrogens with one attached hydrogen (secondary N) is 1. The number of esters is 1. The quantitative estimate of drug-likeness (QED) is 0.107. The lowest BCUT2D eigenvalue weighted by molar-refractivity contribution is 0.0734. The molecule has 0 aliphatic carbocycles. The molecule has 3 aromatic rings. The molecule has 0 saturated carbocycles. The number of anilines is 1. The summed E-state index contributed by atoms with van der Waals surface area (Å²) in [6.45, 7) is 5.73. The SMILES string of the molecule is CCCCCCCCOc1ccc(C(=O)Nc2ccc(C(=O)Oc3ccc(OCCCCC)cc3)cc2)cc1. The lowest BCUT2D eigenvalue weighted by atomic mass is 10.1. The summed E-state index contributed by atoms with van der Waals surface area (Å²) in [5.41, 5.74) is 1.51. The third-order valence-electron chi connectivity index (χ3n) is 6.31. The molecule has 0 bridgehead atoms. The highest BCUT2D eigenvalue weighted by Crippen LogP contribution is 2.20. The van der Waals surface area contributed by atoms with Gasteiger partial charge in [-0.3, -0.25) is 4.79 Å². The summed E-state index contributed by atoms with van der Waals surface area (Å²) in [6.07, 6.45) is 10.6. The summed E-state index contributed by atoms with van der Waals surface area (Å²) in [5, 5.41) is 2.86. The highest BCUT2D eigenvalue weighted by Gasteiger charge is 2.11. The third kappa shape index (κ3) is 10.8. The molecule has 0 saturated heterocycles. The Morgan fingerprint density at radius 1 is 0.564 bits per heavy atom. The zero-order chi connectivity index (χ0) is 27.7. The summed E-state index contributed by atoms with van der Waals surface area (Å²) in [5.74, 6) is 1.25. The molecule has 0 aliphatic heterocycles. The first-order valence-electron chi connectivity index (χ1n) is 14.2. The molecule has 3 aromatic carbocycles. The van der Waals surface area contributed by atoms with Crippen LogP contribution in [0.15, 0.2) is 72.8 Å². The number of hydrogen-bond acceptors (Lipinski definition) is 5. The van der Waals surface area contributed by atoms with E-state index in [0.29, 0.717) is 35.8 Å². The number of hydrogen-bond donors (Lipinski definition) is 1. The molecule has 0 aliphatic rings. The molecule has 6 heteroatoms. The first-order chi connectivity index (χ1) is 19.1. The van der Waals surface area contributed by atoms with Crippen molar-refractivity contribution in [2.75, 3.05) is 18.5 Å². The fourth-order valence-corrected chi connectivity index (χ4v) is 3.98. The van der Waals surface area contributed by atoms with Crippen LogP contribution in [0.4, 0.5) is 5.69 Å². The Morgan fingerprint density at radius 3 is 1.64 bits per heavy atom. The lowest BCUT2D eigenvalue weighted by Gasteiger charge is -2.09. The van der Waals surface area contributed by atoms with Crippen molar-refractivity contribution in [2.45, 2.75) is 71.6 Å². The summed E-state index contributed by atoms with van der Waals surface area (Å²) >= 11 is 0. The smallest absolute Gasteiger partial charge is 0.343 e. The molecular formula is C33H41NO5. The van der Waals surface area contributed by atoms with Crippen molar-refractivity contribution in [3.05, 3.63) is 83.9 Å². The molecule has 0 fully saturated rings. The van der Waals surface area contributed by atoms with Gasteiger partial charge in [-0.1, -0.05) is 58.8 Å². The third-order valence-corrected chi connectivity index (χ3v) is 6.31. The van der Waals surface area contributed by atoms with Crippen LogP contribution in [0.3, 0.4) is 0 Å². The van der Waals surface area contributed by atoms with Crippen LogP contribution in [0.5, 0.6) is 17.2 Å². The number of unbranched alkanes of at least 4 members (excludes halogenated alkanes) is 7. The van der Waals surface area contributed by atoms with Crippen LogP contribution in [0.25, 0.3) is 0 Å². The Balaban J connectivity index is 1.41. The van der Waals surface area contributed by atoms with Gasteiger partial charge >= 0.3 is 5.97 Å². The first-order valence-corrected chi connectivity index (χ1v) is 14.2. The van der Waals surface area contributed by atoms with E-state index in [1.54, 1.807) is 60.7 Å². The van der Waals surface area contributed by atoms with Crippen LogP contribution in [0.1, 0.15) is 92.4 Å². The minimum atomic E-state index is -0.471. The van der Waals surface area contributed by atoms with Crippen molar-refractivity contribution < 1.29 is 23.8 Å². The summed E-state index contributed by atoms with van der Waals surface area (Å²) in [6, 6.07) is 20.8. The van der Waals surface area contributed by atoms with Gasteiger partial charge in [0.15, 0.2) is 0 Å². The van der Waals surface area contributed by atoms with Crippen LogP contribution < -0.4 is 19.5 Å². The van der Waals surface area contributed by atoms with Gasteiger partial charge in [0.05, 0.1) is 18.8 Å². The number of carbonyl (C=O) groups is 2. The maximum absolute atomic E-state index is 12.6. The highest BCUT2D eigenvalue weighted by atomic mass is 16.5. The molecular weight excluding hydrogens is 490 g/mol. The molecule has 0 spiro atoms. The van der Waals surface area contributed by atoms with E-state index in [1.165, 1.54) is 32.1 Å². The normalized spacial score (nSPS) is 10.6. The van der Waals surface area contributed by atoms with Gasteiger partial charge in [0, 0.05) is 11.3 Å². The molecule has 39 heavy (non-hydrogen) atoms. The van der Waals surface area contributed by atoms with E-state index in [-0.39, 0.29) is 5.91 Å². The van der Waals surface area contributed by atoms with Gasteiger partial charge < -0.3 is 19.5 Å². The van der Waals surface area contributed by atoms with Gasteiger partial charge in [0.1, 0.15) is 17.2 Å². The zero-order valence-corrected chi connectivity index (χ0v) is 23.2. The fraction of sp³-hybridized carbons (Fsp3) is 0.394. The van der Waals surface area contributed by atoms with Gasteiger partial charge in [-0.05, 0) is 85.6 Å². The monoisotopic (exact) mass is 531 g/mol. The highest BCUT2D eigenvalue weighted by molar-refractivity contribution is 6.04. The van der Waals surface area contributed by atoms with Crippen molar-refractivity contribution in [1.29, 1.82) is 0 Å². The van der Waals surface area contributed by atoms with E-state index in [0.717, 1.165) is 37.2 Å². The second-order valence-corrected chi connectivity index (χ2v) is 9.59. The van der Waals surface area contributed by atoms with Gasteiger partial charge in [0.2, 0.25) is 0 Å². The average Bonchev–Trinajstić information content (AvgIpc) is 2.96. The summed E-state index contributed by atoms with van der Waals surface area (Å²) in [4.78, 5) is 25.2. The van der Waals surface area contributed by atoms with Crippen LogP contribution in [-0.2, 0) is 0 Å². The largest absolute Gasteiger partial charge is 0.494 e. The van der Waals surface area contributed by atoms with E-state index in [4.69, 9.17) is 14.2 Å². The molecule has 1 N–H and O–H groups in total. The Hall–Kier alpha value is -3.80. The molecule has 0 heterocycles. The molecule has 208 valence electrons. The fourth-order valence-electron chi connectivity index (χ4n) is 3.98. The molecule has 0 unspecified atom stereocenters. The predicted octanol–water partition coefficient (Wildman–Crippen LogP) is 8.47. The molecule has 0 aromatic heterocycles. The molecule has 6 nitrogen and oxygen atoms in total. The minimum absolute atomic E-state index is 0.232. The maximum Gasteiger partial charge on any atom is 0.343 e. The van der Waals surface area contributed by atoms with Crippen LogP contribution in [0, 0.1) is 0 Å². The molecule has 0 radical (unpaired) electrons. The van der Waals surface area contributed by atoms with Gasteiger partial charge in [0.25, 0.3) is 5.91 Å². The number of carbonyl (C=O) groups excluding carboxylic acids is 2. The van der Waals surface area contributed by atoms with Gasteiger partial charge in [-0.25, -0.2) is 4.79 Å². The Labute approximate surface area is 232 Å². The first kappa shape index (κ1) is 29.8. The average molecular weight is 532 g/mol. The van der Waals surface area contributed by atoms with Crippen molar-refractivity contribution in [1.82, 2.24) is 0 Å². The second kappa shape index (κ2) is 16.9.